The first-order valence-corrected chi connectivity index (χ1v) is 10.6. The van der Waals surface area contributed by atoms with Crippen LogP contribution in [0.15, 0.2) is 35.0 Å². The Morgan fingerprint density at radius 2 is 2.30 bits per heavy atom. The van der Waals surface area contributed by atoms with Crippen LogP contribution in [0, 0.1) is 23.2 Å². The van der Waals surface area contributed by atoms with Gasteiger partial charge in [-0.05, 0) is 68.9 Å². The molecule has 0 radical (unpaired) electrons. The highest BCUT2D eigenvalue weighted by Gasteiger charge is 2.54. The molecular formula is C23H33NO3. The van der Waals surface area contributed by atoms with Crippen molar-refractivity contribution in [3.63, 3.8) is 0 Å². The zero-order valence-corrected chi connectivity index (χ0v) is 16.7. The van der Waals surface area contributed by atoms with E-state index < -0.39 is 0 Å². The van der Waals surface area contributed by atoms with Crippen LogP contribution in [0.2, 0.25) is 0 Å². The predicted octanol–water partition coefficient (Wildman–Crippen LogP) is 4.50. The number of rotatable bonds is 6. The molecule has 2 heterocycles. The van der Waals surface area contributed by atoms with E-state index in [1.807, 2.05) is 12.1 Å². The second kappa shape index (κ2) is 7.46. The minimum atomic E-state index is -0.0136. The van der Waals surface area contributed by atoms with Crippen LogP contribution in [0.1, 0.15) is 58.1 Å². The van der Waals surface area contributed by atoms with Crippen molar-refractivity contribution in [3.8, 4) is 0 Å². The Morgan fingerprint density at radius 1 is 1.44 bits per heavy atom. The molecule has 0 bridgehead atoms. The number of hydrogen-bond acceptors (Lipinski definition) is 4. The van der Waals surface area contributed by atoms with Gasteiger partial charge >= 0.3 is 5.97 Å². The number of aryl methyl sites for hydroxylation is 1. The maximum absolute atomic E-state index is 12.6. The maximum Gasteiger partial charge on any atom is 0.310 e. The number of carbonyl (C=O) groups is 1. The third kappa shape index (κ3) is 3.73. The molecule has 4 heteroatoms. The van der Waals surface area contributed by atoms with E-state index in [0.29, 0.717) is 17.9 Å². The molecule has 0 unspecified atom stereocenters. The molecule has 6 atom stereocenters. The van der Waals surface area contributed by atoms with Crippen LogP contribution in [-0.2, 0) is 16.0 Å². The molecule has 0 spiro atoms. The van der Waals surface area contributed by atoms with Crippen LogP contribution in [0.4, 0.5) is 0 Å². The maximum atomic E-state index is 12.6. The van der Waals surface area contributed by atoms with E-state index >= 15 is 0 Å². The van der Waals surface area contributed by atoms with Crippen LogP contribution in [0.3, 0.4) is 0 Å². The Kier molecular flexibility index (Phi) is 5.19. The Labute approximate surface area is 162 Å². The van der Waals surface area contributed by atoms with E-state index in [0.717, 1.165) is 44.4 Å². The minimum Gasteiger partial charge on any atom is -0.469 e. The summed E-state index contributed by atoms with van der Waals surface area (Å²) in [6.45, 7) is 9.66. The van der Waals surface area contributed by atoms with Gasteiger partial charge in [0.05, 0.1) is 12.2 Å². The fourth-order valence-electron chi connectivity index (χ4n) is 5.73. The van der Waals surface area contributed by atoms with E-state index in [-0.39, 0.29) is 23.4 Å². The van der Waals surface area contributed by atoms with Gasteiger partial charge in [-0.1, -0.05) is 19.1 Å². The predicted molar refractivity (Wildman–Crippen MR) is 105 cm³/mol. The molecule has 2 saturated carbocycles. The molecule has 0 amide bonds. The highest BCUT2D eigenvalue weighted by molar-refractivity contribution is 5.75. The fraction of sp³-hybridized carbons (Fsp3) is 0.696. The average molecular weight is 372 g/mol. The van der Waals surface area contributed by atoms with E-state index in [4.69, 9.17) is 9.15 Å². The summed E-state index contributed by atoms with van der Waals surface area (Å²) in [5.74, 6) is 1.91. The van der Waals surface area contributed by atoms with Crippen molar-refractivity contribution in [1.82, 2.24) is 5.32 Å². The van der Waals surface area contributed by atoms with E-state index in [9.17, 15) is 4.79 Å². The van der Waals surface area contributed by atoms with Crippen LogP contribution < -0.4 is 5.32 Å². The van der Waals surface area contributed by atoms with Gasteiger partial charge < -0.3 is 14.5 Å². The number of carbonyl (C=O) groups excluding carboxylic acids is 1. The topological polar surface area (TPSA) is 51.5 Å². The standard InChI is InChI=1S/C23H33NO3/c1-15-6-4-10-23(3)13-21-18(12-20(15)23)19(22(25)27-21)14-24-16(2)8-9-17-7-5-11-26-17/h5,7,11,16,18-21,24H,1,4,6,8-10,12-14H2,2-3H3/t16-,18+,19+,20-,21+,23+/m0/s1. The quantitative estimate of drug-likeness (QED) is 0.591. The van der Waals surface area contributed by atoms with Crippen molar-refractivity contribution >= 4 is 5.97 Å². The molecule has 1 aliphatic heterocycles. The van der Waals surface area contributed by atoms with Crippen molar-refractivity contribution in [2.24, 2.45) is 23.2 Å². The molecule has 1 aromatic rings. The second-order valence-corrected chi connectivity index (χ2v) is 9.33. The van der Waals surface area contributed by atoms with Gasteiger partial charge in [0.25, 0.3) is 0 Å². The summed E-state index contributed by atoms with van der Waals surface area (Å²) in [5, 5.41) is 3.58. The number of esters is 1. The van der Waals surface area contributed by atoms with Crippen molar-refractivity contribution in [3.05, 3.63) is 36.3 Å². The van der Waals surface area contributed by atoms with Crippen molar-refractivity contribution in [1.29, 1.82) is 0 Å². The van der Waals surface area contributed by atoms with Gasteiger partial charge in [0.1, 0.15) is 11.9 Å². The molecule has 3 fully saturated rings. The number of hydrogen-bond donors (Lipinski definition) is 1. The normalized spacial score (nSPS) is 36.8. The number of ether oxygens (including phenoxy) is 1. The summed E-state index contributed by atoms with van der Waals surface area (Å²) in [4.78, 5) is 12.6. The zero-order chi connectivity index (χ0) is 19.0. The monoisotopic (exact) mass is 371 g/mol. The summed E-state index contributed by atoms with van der Waals surface area (Å²) < 4.78 is 11.3. The molecule has 0 aromatic carbocycles. The smallest absolute Gasteiger partial charge is 0.310 e. The average Bonchev–Trinajstić information content (AvgIpc) is 3.23. The van der Waals surface area contributed by atoms with Gasteiger partial charge in [0.15, 0.2) is 0 Å². The SMILES string of the molecule is C=C1CCC[C@]2(C)C[C@H]3OC(=O)[C@H](CN[C@@H](C)CCc4ccco4)[C@H]3C[C@@H]12. The molecule has 3 aliphatic rings. The lowest BCUT2D eigenvalue weighted by molar-refractivity contribution is -0.146. The second-order valence-electron chi connectivity index (χ2n) is 9.33. The highest BCUT2D eigenvalue weighted by Crippen LogP contribution is 2.56. The third-order valence-corrected chi connectivity index (χ3v) is 7.41. The van der Waals surface area contributed by atoms with Gasteiger partial charge in [-0.25, -0.2) is 0 Å². The number of fused-ring (bicyclic) bond motifs is 2. The summed E-state index contributed by atoms with van der Waals surface area (Å²) in [5.41, 5.74) is 1.68. The van der Waals surface area contributed by atoms with Crippen LogP contribution in [-0.4, -0.2) is 24.7 Å². The Bertz CT molecular complexity index is 682. The van der Waals surface area contributed by atoms with Crippen molar-refractivity contribution in [2.75, 3.05) is 6.54 Å². The summed E-state index contributed by atoms with van der Waals surface area (Å²) >= 11 is 0. The van der Waals surface area contributed by atoms with Crippen LogP contribution in [0.5, 0.6) is 0 Å². The van der Waals surface area contributed by atoms with Gasteiger partial charge in [-0.3, -0.25) is 4.79 Å². The van der Waals surface area contributed by atoms with Crippen molar-refractivity contribution in [2.45, 2.75) is 70.9 Å². The van der Waals surface area contributed by atoms with Crippen molar-refractivity contribution < 1.29 is 13.9 Å². The largest absolute Gasteiger partial charge is 0.469 e. The summed E-state index contributed by atoms with van der Waals surface area (Å²) in [6.07, 6.45) is 9.45. The first-order chi connectivity index (χ1) is 13.0. The highest BCUT2D eigenvalue weighted by atomic mass is 16.6. The molecule has 1 aromatic heterocycles. The Hall–Kier alpha value is -1.55. The first kappa shape index (κ1) is 18.8. The number of nitrogens with one attached hydrogen (secondary N) is 1. The van der Waals surface area contributed by atoms with Crippen LogP contribution >= 0.6 is 0 Å². The van der Waals surface area contributed by atoms with E-state index in [1.54, 1.807) is 6.26 Å². The lowest BCUT2D eigenvalue weighted by atomic mass is 9.55. The lowest BCUT2D eigenvalue weighted by Gasteiger charge is -2.50. The Balaban J connectivity index is 1.34. The van der Waals surface area contributed by atoms with E-state index in [2.05, 4.69) is 25.7 Å². The van der Waals surface area contributed by atoms with E-state index in [1.165, 1.54) is 18.4 Å². The molecule has 148 valence electrons. The molecule has 4 rings (SSSR count). The van der Waals surface area contributed by atoms with Crippen LogP contribution in [0.25, 0.3) is 0 Å². The van der Waals surface area contributed by atoms with Gasteiger partial charge in [0, 0.05) is 24.9 Å². The third-order valence-electron chi connectivity index (χ3n) is 7.41. The summed E-state index contributed by atoms with van der Waals surface area (Å²) in [7, 11) is 0. The molecule has 2 aliphatic carbocycles. The first-order valence-electron chi connectivity index (χ1n) is 10.6. The molecule has 27 heavy (non-hydrogen) atoms. The van der Waals surface area contributed by atoms with Gasteiger partial charge in [-0.15, -0.1) is 0 Å². The lowest BCUT2D eigenvalue weighted by Crippen LogP contribution is -2.45. The Morgan fingerprint density at radius 3 is 3.07 bits per heavy atom. The summed E-state index contributed by atoms with van der Waals surface area (Å²) in [6, 6.07) is 4.29. The zero-order valence-electron chi connectivity index (χ0n) is 16.7. The number of allylic oxidation sites excluding steroid dienone is 1. The number of furan rings is 1. The fourth-order valence-corrected chi connectivity index (χ4v) is 5.73. The molecule has 1 N–H and O–H groups in total. The molecular weight excluding hydrogens is 338 g/mol. The molecule has 4 nitrogen and oxygen atoms in total. The minimum absolute atomic E-state index is 0.00333. The molecule has 1 saturated heterocycles. The van der Waals surface area contributed by atoms with Gasteiger partial charge in [-0.2, -0.15) is 0 Å². The van der Waals surface area contributed by atoms with Gasteiger partial charge in [0.2, 0.25) is 0 Å².